The first-order valence-corrected chi connectivity index (χ1v) is 6.22. The summed E-state index contributed by atoms with van der Waals surface area (Å²) in [6, 6.07) is 0.705. The predicted molar refractivity (Wildman–Crippen MR) is 56.4 cm³/mol. The molecule has 76 valence electrons. The van der Waals surface area contributed by atoms with Gasteiger partial charge >= 0.3 is 0 Å². The lowest BCUT2D eigenvalue weighted by atomic mass is 10.3. The number of ether oxygens (including phenoxy) is 1. The van der Waals surface area contributed by atoms with Crippen LogP contribution in [0.2, 0.25) is 0 Å². The molecule has 13 heavy (non-hydrogen) atoms. The number of nitrogens with one attached hydrogen (secondary N) is 1. The summed E-state index contributed by atoms with van der Waals surface area (Å²) >= 11 is 2.07. The van der Waals surface area contributed by atoms with E-state index >= 15 is 0 Å². The second-order valence-corrected chi connectivity index (χ2v) is 4.79. The second kappa shape index (κ2) is 5.20. The summed E-state index contributed by atoms with van der Waals surface area (Å²) in [5.41, 5.74) is 0. The smallest absolute Gasteiger partial charge is 0.0594 e. The molecule has 0 aromatic carbocycles. The Labute approximate surface area is 84.2 Å². The summed E-state index contributed by atoms with van der Waals surface area (Å²) < 4.78 is 5.32. The van der Waals surface area contributed by atoms with Crippen LogP contribution in [0, 0.1) is 0 Å². The van der Waals surface area contributed by atoms with Gasteiger partial charge in [0.2, 0.25) is 0 Å². The molecule has 0 saturated carbocycles. The topological polar surface area (TPSA) is 24.5 Å². The van der Waals surface area contributed by atoms with Gasteiger partial charge in [-0.2, -0.15) is 11.8 Å². The van der Waals surface area contributed by atoms with Crippen molar-refractivity contribution in [1.82, 2.24) is 10.2 Å². The van der Waals surface area contributed by atoms with Gasteiger partial charge in [0.05, 0.1) is 13.2 Å². The van der Waals surface area contributed by atoms with E-state index in [1.165, 1.54) is 24.6 Å². The maximum absolute atomic E-state index is 5.32. The van der Waals surface area contributed by atoms with E-state index in [2.05, 4.69) is 22.0 Å². The summed E-state index contributed by atoms with van der Waals surface area (Å²) in [5, 5.41) is 3.56. The zero-order valence-electron chi connectivity index (χ0n) is 8.00. The van der Waals surface area contributed by atoms with Gasteiger partial charge in [-0.1, -0.05) is 0 Å². The Morgan fingerprint density at radius 1 is 1.38 bits per heavy atom. The van der Waals surface area contributed by atoms with Crippen LogP contribution in [0.25, 0.3) is 0 Å². The standard InChI is InChI=1S/C9H18N2OS/c1-6-13-8-9(10-1)7-11-2-4-12-5-3-11/h9-10H,1-8H2. The summed E-state index contributed by atoms with van der Waals surface area (Å²) in [5.74, 6) is 2.55. The van der Waals surface area contributed by atoms with Gasteiger partial charge in [0, 0.05) is 43.7 Å². The molecule has 2 rings (SSSR count). The fraction of sp³-hybridized carbons (Fsp3) is 1.00. The van der Waals surface area contributed by atoms with Gasteiger partial charge in [-0.05, 0) is 0 Å². The van der Waals surface area contributed by atoms with Crippen molar-refractivity contribution in [3.05, 3.63) is 0 Å². The number of nitrogens with zero attached hydrogens (tertiary/aromatic N) is 1. The molecule has 0 aromatic heterocycles. The van der Waals surface area contributed by atoms with Crippen LogP contribution in [0.3, 0.4) is 0 Å². The highest BCUT2D eigenvalue weighted by Gasteiger charge is 2.18. The van der Waals surface area contributed by atoms with Crippen LogP contribution in [0.15, 0.2) is 0 Å². The number of rotatable bonds is 2. The quantitative estimate of drug-likeness (QED) is 0.682. The first-order valence-electron chi connectivity index (χ1n) is 5.06. The maximum atomic E-state index is 5.32. The molecule has 1 N–H and O–H groups in total. The minimum Gasteiger partial charge on any atom is -0.379 e. The summed E-state index contributed by atoms with van der Waals surface area (Å²) in [7, 11) is 0. The Balaban J connectivity index is 1.69. The first-order chi connectivity index (χ1) is 6.45. The number of thioether (sulfide) groups is 1. The maximum Gasteiger partial charge on any atom is 0.0594 e. The van der Waals surface area contributed by atoms with E-state index in [9.17, 15) is 0 Å². The molecular formula is C9H18N2OS. The molecule has 2 heterocycles. The van der Waals surface area contributed by atoms with Crippen LogP contribution < -0.4 is 5.32 Å². The van der Waals surface area contributed by atoms with Crippen LogP contribution in [0.5, 0.6) is 0 Å². The van der Waals surface area contributed by atoms with E-state index in [1.54, 1.807) is 0 Å². The van der Waals surface area contributed by atoms with Crippen LogP contribution in [-0.2, 0) is 4.74 Å². The number of hydrogen-bond acceptors (Lipinski definition) is 4. The van der Waals surface area contributed by atoms with E-state index in [0.717, 1.165) is 26.3 Å². The molecule has 1 unspecified atom stereocenters. The second-order valence-electron chi connectivity index (χ2n) is 3.64. The molecule has 4 heteroatoms. The van der Waals surface area contributed by atoms with Gasteiger partial charge in [-0.3, -0.25) is 4.90 Å². The van der Waals surface area contributed by atoms with E-state index < -0.39 is 0 Å². The van der Waals surface area contributed by atoms with Crippen LogP contribution in [0.4, 0.5) is 0 Å². The molecule has 0 radical (unpaired) electrons. The SMILES string of the molecule is C1CSCC(CN2CCOCC2)N1. The Morgan fingerprint density at radius 3 is 2.92 bits per heavy atom. The fourth-order valence-corrected chi connectivity index (χ4v) is 2.77. The average molecular weight is 202 g/mol. The van der Waals surface area contributed by atoms with Crippen molar-refractivity contribution in [1.29, 1.82) is 0 Å². The highest BCUT2D eigenvalue weighted by Crippen LogP contribution is 2.09. The molecule has 0 aliphatic carbocycles. The van der Waals surface area contributed by atoms with E-state index in [1.807, 2.05) is 0 Å². The van der Waals surface area contributed by atoms with E-state index in [-0.39, 0.29) is 0 Å². The van der Waals surface area contributed by atoms with E-state index in [4.69, 9.17) is 4.74 Å². The molecular weight excluding hydrogens is 184 g/mol. The van der Waals surface area contributed by atoms with Crippen LogP contribution >= 0.6 is 11.8 Å². The highest BCUT2D eigenvalue weighted by atomic mass is 32.2. The predicted octanol–water partition coefficient (Wildman–Crippen LogP) is 0.0236. The molecule has 2 aliphatic heterocycles. The average Bonchev–Trinajstić information content (AvgIpc) is 2.21. The van der Waals surface area contributed by atoms with Gasteiger partial charge in [0.25, 0.3) is 0 Å². The third kappa shape index (κ3) is 3.13. The molecule has 2 aliphatic rings. The molecule has 0 amide bonds. The van der Waals surface area contributed by atoms with Crippen molar-refractivity contribution in [3.63, 3.8) is 0 Å². The number of hydrogen-bond donors (Lipinski definition) is 1. The Morgan fingerprint density at radius 2 is 2.23 bits per heavy atom. The van der Waals surface area contributed by atoms with Crippen molar-refractivity contribution in [3.8, 4) is 0 Å². The van der Waals surface area contributed by atoms with Crippen LogP contribution in [-0.4, -0.2) is 61.8 Å². The lowest BCUT2D eigenvalue weighted by Crippen LogP contribution is -2.48. The fourth-order valence-electron chi connectivity index (χ4n) is 1.83. The summed E-state index contributed by atoms with van der Waals surface area (Å²) in [6.45, 7) is 6.45. The van der Waals surface area contributed by atoms with Gasteiger partial charge in [-0.15, -0.1) is 0 Å². The van der Waals surface area contributed by atoms with Gasteiger partial charge in [0.1, 0.15) is 0 Å². The third-order valence-electron chi connectivity index (χ3n) is 2.58. The Bertz CT molecular complexity index is 129. The molecule has 2 saturated heterocycles. The normalized spacial score (nSPS) is 31.8. The zero-order chi connectivity index (χ0) is 8.93. The molecule has 0 aromatic rings. The molecule has 1 atom stereocenters. The molecule has 0 spiro atoms. The first kappa shape index (κ1) is 9.77. The molecule has 3 nitrogen and oxygen atoms in total. The minimum atomic E-state index is 0.705. The van der Waals surface area contributed by atoms with Crippen LogP contribution in [0.1, 0.15) is 0 Å². The lowest BCUT2D eigenvalue weighted by molar-refractivity contribution is 0.0346. The number of morpholine rings is 1. The lowest BCUT2D eigenvalue weighted by Gasteiger charge is -2.32. The third-order valence-corrected chi connectivity index (χ3v) is 3.71. The Hall–Kier alpha value is 0.230. The largest absolute Gasteiger partial charge is 0.379 e. The summed E-state index contributed by atoms with van der Waals surface area (Å²) in [6.07, 6.45) is 0. The van der Waals surface area contributed by atoms with Crippen molar-refractivity contribution < 1.29 is 4.74 Å². The molecule has 0 bridgehead atoms. The van der Waals surface area contributed by atoms with Gasteiger partial charge < -0.3 is 10.1 Å². The van der Waals surface area contributed by atoms with Crippen molar-refractivity contribution in [2.24, 2.45) is 0 Å². The van der Waals surface area contributed by atoms with Gasteiger partial charge in [-0.25, -0.2) is 0 Å². The zero-order valence-corrected chi connectivity index (χ0v) is 8.81. The monoisotopic (exact) mass is 202 g/mol. The van der Waals surface area contributed by atoms with Crippen molar-refractivity contribution >= 4 is 11.8 Å². The highest BCUT2D eigenvalue weighted by molar-refractivity contribution is 7.99. The Kier molecular flexibility index (Phi) is 3.91. The van der Waals surface area contributed by atoms with E-state index in [0.29, 0.717) is 6.04 Å². The minimum absolute atomic E-state index is 0.705. The van der Waals surface area contributed by atoms with Gasteiger partial charge in [0.15, 0.2) is 0 Å². The van der Waals surface area contributed by atoms with Crippen molar-refractivity contribution in [2.75, 3.05) is 50.9 Å². The molecule has 2 fully saturated rings. The van der Waals surface area contributed by atoms with Crippen molar-refractivity contribution in [2.45, 2.75) is 6.04 Å². The summed E-state index contributed by atoms with van der Waals surface area (Å²) in [4.78, 5) is 2.51.